The van der Waals surface area contributed by atoms with E-state index in [0.29, 0.717) is 24.3 Å². The molecule has 0 spiro atoms. The van der Waals surface area contributed by atoms with Crippen LogP contribution in [0.15, 0.2) is 15.9 Å². The molecule has 3 N–H and O–H groups in total. The molecule has 21 heavy (non-hydrogen) atoms. The number of halogens is 1. The maximum absolute atomic E-state index is 11.9. The van der Waals surface area contributed by atoms with Crippen LogP contribution < -0.4 is 10.6 Å². The molecule has 0 radical (unpaired) electrons. The number of amides is 2. The number of rotatable bonds is 8. The number of thiophene rings is 1. The fourth-order valence-electron chi connectivity index (χ4n) is 1.54. The van der Waals surface area contributed by atoms with Crippen molar-refractivity contribution < 1.29 is 19.5 Å². The zero-order valence-corrected chi connectivity index (χ0v) is 13.9. The largest absolute Gasteiger partial charge is 0.481 e. The summed E-state index contributed by atoms with van der Waals surface area (Å²) in [5.74, 6) is -1.42. The molecule has 6 nitrogen and oxygen atoms in total. The van der Waals surface area contributed by atoms with E-state index in [1.807, 2.05) is 0 Å². The molecule has 2 amide bonds. The third-order valence-electron chi connectivity index (χ3n) is 2.65. The second kappa shape index (κ2) is 8.78. The van der Waals surface area contributed by atoms with Crippen LogP contribution in [-0.2, 0) is 9.59 Å². The Hall–Kier alpha value is -1.41. The maximum Gasteiger partial charge on any atom is 0.303 e. The molecule has 1 aromatic heterocycles. The minimum absolute atomic E-state index is 0.0927. The predicted molar refractivity (Wildman–Crippen MR) is 83.4 cm³/mol. The zero-order valence-electron chi connectivity index (χ0n) is 11.5. The van der Waals surface area contributed by atoms with Crippen LogP contribution in [0.25, 0.3) is 0 Å². The Labute approximate surface area is 135 Å². The molecule has 0 fully saturated rings. The van der Waals surface area contributed by atoms with Gasteiger partial charge < -0.3 is 15.7 Å². The molecule has 0 aliphatic rings. The van der Waals surface area contributed by atoms with Gasteiger partial charge in [-0.15, -0.1) is 11.3 Å². The normalized spacial score (nSPS) is 11.7. The number of nitrogens with one attached hydrogen (secondary N) is 2. The first-order valence-corrected chi connectivity index (χ1v) is 8.07. The summed E-state index contributed by atoms with van der Waals surface area (Å²) in [6.45, 7) is 2.00. The summed E-state index contributed by atoms with van der Waals surface area (Å²) in [6.07, 6.45) is 1.20. The Kier molecular flexibility index (Phi) is 7.38. The van der Waals surface area contributed by atoms with Gasteiger partial charge in [0.25, 0.3) is 5.91 Å². The Bertz CT molecular complexity index is 518. The standard InChI is InChI=1S/C13H17BrN2O4S/c1-8(12(19)15-7-3-2-4-11(17)18)16-13(20)9-5-6-10(14)21-9/h5-6,8H,2-4,7H2,1H3,(H,15,19)(H,16,20)(H,17,18). The van der Waals surface area contributed by atoms with E-state index in [9.17, 15) is 14.4 Å². The number of carbonyl (C=O) groups is 3. The molecule has 0 bridgehead atoms. The van der Waals surface area contributed by atoms with E-state index in [2.05, 4.69) is 26.6 Å². The van der Waals surface area contributed by atoms with Crippen molar-refractivity contribution in [2.24, 2.45) is 0 Å². The summed E-state index contributed by atoms with van der Waals surface area (Å²) in [6, 6.07) is 2.81. The van der Waals surface area contributed by atoms with Crippen molar-refractivity contribution in [3.05, 3.63) is 20.8 Å². The van der Waals surface area contributed by atoms with Crippen LogP contribution in [0.3, 0.4) is 0 Å². The molecule has 0 aliphatic carbocycles. The van der Waals surface area contributed by atoms with Gasteiger partial charge in [-0.2, -0.15) is 0 Å². The number of unbranched alkanes of at least 4 members (excludes halogenated alkanes) is 1. The number of carbonyl (C=O) groups excluding carboxylic acids is 2. The average Bonchev–Trinajstić information content (AvgIpc) is 2.84. The minimum Gasteiger partial charge on any atom is -0.481 e. The molecule has 8 heteroatoms. The van der Waals surface area contributed by atoms with Crippen LogP contribution in [0.4, 0.5) is 0 Å². The highest BCUT2D eigenvalue weighted by molar-refractivity contribution is 9.11. The number of hydrogen-bond acceptors (Lipinski definition) is 4. The van der Waals surface area contributed by atoms with E-state index in [0.717, 1.165) is 3.79 Å². The van der Waals surface area contributed by atoms with Gasteiger partial charge in [-0.25, -0.2) is 0 Å². The molecule has 1 heterocycles. The van der Waals surface area contributed by atoms with Crippen molar-refractivity contribution in [1.82, 2.24) is 10.6 Å². The van der Waals surface area contributed by atoms with E-state index in [-0.39, 0.29) is 18.2 Å². The molecule has 1 rings (SSSR count). The highest BCUT2D eigenvalue weighted by atomic mass is 79.9. The summed E-state index contributed by atoms with van der Waals surface area (Å²) in [4.78, 5) is 34.5. The minimum atomic E-state index is -0.843. The molecule has 116 valence electrons. The Morgan fingerprint density at radius 1 is 1.33 bits per heavy atom. The number of aliphatic carboxylic acids is 1. The molecule has 0 saturated carbocycles. The fourth-order valence-corrected chi connectivity index (χ4v) is 2.82. The first-order valence-electron chi connectivity index (χ1n) is 6.46. The summed E-state index contributed by atoms with van der Waals surface area (Å²) >= 11 is 4.57. The second-order valence-electron chi connectivity index (χ2n) is 4.44. The van der Waals surface area contributed by atoms with Crippen LogP contribution in [0, 0.1) is 0 Å². The Morgan fingerprint density at radius 2 is 2.05 bits per heavy atom. The lowest BCUT2D eigenvalue weighted by Crippen LogP contribution is -2.44. The van der Waals surface area contributed by atoms with Crippen molar-refractivity contribution in [2.45, 2.75) is 32.2 Å². The van der Waals surface area contributed by atoms with Gasteiger partial charge in [0.2, 0.25) is 5.91 Å². The van der Waals surface area contributed by atoms with Gasteiger partial charge in [0, 0.05) is 13.0 Å². The first kappa shape index (κ1) is 17.6. The van der Waals surface area contributed by atoms with Gasteiger partial charge >= 0.3 is 5.97 Å². The van der Waals surface area contributed by atoms with E-state index in [4.69, 9.17) is 5.11 Å². The Morgan fingerprint density at radius 3 is 2.62 bits per heavy atom. The lowest BCUT2D eigenvalue weighted by Gasteiger charge is -2.13. The Balaban J connectivity index is 2.27. The SMILES string of the molecule is CC(NC(=O)c1ccc(Br)s1)C(=O)NCCCCC(=O)O. The summed E-state index contributed by atoms with van der Waals surface area (Å²) in [5.41, 5.74) is 0. The van der Waals surface area contributed by atoms with Crippen molar-refractivity contribution in [2.75, 3.05) is 6.54 Å². The zero-order chi connectivity index (χ0) is 15.8. The monoisotopic (exact) mass is 376 g/mol. The number of hydrogen-bond donors (Lipinski definition) is 3. The molecule has 1 aromatic rings. The molecule has 0 saturated heterocycles. The van der Waals surface area contributed by atoms with Crippen molar-refractivity contribution in [3.63, 3.8) is 0 Å². The van der Waals surface area contributed by atoms with Gasteiger partial charge in [-0.05, 0) is 47.8 Å². The van der Waals surface area contributed by atoms with Gasteiger partial charge in [0.15, 0.2) is 0 Å². The predicted octanol–water partition coefficient (Wildman–Crippen LogP) is 2.00. The lowest BCUT2D eigenvalue weighted by atomic mass is 10.2. The van der Waals surface area contributed by atoms with E-state index >= 15 is 0 Å². The smallest absolute Gasteiger partial charge is 0.303 e. The van der Waals surface area contributed by atoms with Crippen molar-refractivity contribution in [1.29, 1.82) is 0 Å². The summed E-state index contributed by atoms with van der Waals surface area (Å²) in [7, 11) is 0. The van der Waals surface area contributed by atoms with Crippen LogP contribution in [0.5, 0.6) is 0 Å². The van der Waals surface area contributed by atoms with E-state index < -0.39 is 12.0 Å². The highest BCUT2D eigenvalue weighted by Crippen LogP contribution is 2.21. The quantitative estimate of drug-likeness (QED) is 0.604. The molecular weight excluding hydrogens is 360 g/mol. The summed E-state index contributed by atoms with van der Waals surface area (Å²) < 4.78 is 0.850. The summed E-state index contributed by atoms with van der Waals surface area (Å²) in [5, 5.41) is 13.8. The maximum atomic E-state index is 11.9. The average molecular weight is 377 g/mol. The van der Waals surface area contributed by atoms with Crippen molar-refractivity contribution >= 4 is 45.1 Å². The fraction of sp³-hybridized carbons (Fsp3) is 0.462. The van der Waals surface area contributed by atoms with E-state index in [1.165, 1.54) is 11.3 Å². The molecular formula is C13H17BrN2O4S. The third kappa shape index (κ3) is 6.72. The van der Waals surface area contributed by atoms with Gasteiger partial charge in [-0.3, -0.25) is 14.4 Å². The second-order valence-corrected chi connectivity index (χ2v) is 6.90. The first-order chi connectivity index (χ1) is 9.90. The third-order valence-corrected chi connectivity index (χ3v) is 4.28. The van der Waals surface area contributed by atoms with Gasteiger partial charge in [0.1, 0.15) is 6.04 Å². The van der Waals surface area contributed by atoms with Crippen LogP contribution in [0.1, 0.15) is 35.9 Å². The van der Waals surface area contributed by atoms with Crippen LogP contribution in [-0.4, -0.2) is 35.5 Å². The van der Waals surface area contributed by atoms with E-state index in [1.54, 1.807) is 19.1 Å². The van der Waals surface area contributed by atoms with Gasteiger partial charge in [0.05, 0.1) is 8.66 Å². The van der Waals surface area contributed by atoms with Crippen molar-refractivity contribution in [3.8, 4) is 0 Å². The molecule has 1 unspecified atom stereocenters. The topological polar surface area (TPSA) is 95.5 Å². The number of carboxylic acid groups (broad SMARTS) is 1. The number of carboxylic acids is 1. The molecule has 1 atom stereocenters. The highest BCUT2D eigenvalue weighted by Gasteiger charge is 2.17. The lowest BCUT2D eigenvalue weighted by molar-refractivity contribution is -0.137. The molecule has 0 aromatic carbocycles. The molecule has 0 aliphatic heterocycles. The van der Waals surface area contributed by atoms with Crippen LogP contribution >= 0.6 is 27.3 Å². The van der Waals surface area contributed by atoms with Gasteiger partial charge in [-0.1, -0.05) is 0 Å². The van der Waals surface area contributed by atoms with Crippen LogP contribution in [0.2, 0.25) is 0 Å².